The third-order valence-corrected chi connectivity index (χ3v) is 2.33. The van der Waals surface area contributed by atoms with Gasteiger partial charge in [-0.25, -0.2) is 9.78 Å². The maximum atomic E-state index is 11.7. The molecule has 1 aromatic rings. The van der Waals surface area contributed by atoms with E-state index in [2.05, 4.69) is 10.3 Å². The number of rotatable bonds is 5. The van der Waals surface area contributed by atoms with Gasteiger partial charge in [0.25, 0.3) is 5.91 Å². The topological polar surface area (TPSA) is 99.5 Å². The van der Waals surface area contributed by atoms with Crippen LogP contribution in [0.25, 0.3) is 0 Å². The van der Waals surface area contributed by atoms with Crippen molar-refractivity contribution in [2.45, 2.75) is 12.5 Å². The summed E-state index contributed by atoms with van der Waals surface area (Å²) in [5.74, 6) is -1.85. The Hall–Kier alpha value is -1.66. The summed E-state index contributed by atoms with van der Waals surface area (Å²) in [7, 11) is 0. The van der Waals surface area contributed by atoms with Crippen LogP contribution in [0.4, 0.5) is 0 Å². The summed E-state index contributed by atoms with van der Waals surface area (Å²) >= 11 is 5.69. The molecule has 3 N–H and O–H groups in total. The molecule has 0 bridgehead atoms. The summed E-state index contributed by atoms with van der Waals surface area (Å²) in [6.45, 7) is -0.335. The molecule has 0 radical (unpaired) electrons. The molecule has 1 heterocycles. The van der Waals surface area contributed by atoms with E-state index < -0.39 is 17.9 Å². The Balaban J connectivity index is 2.77. The number of hydrogen-bond acceptors (Lipinski definition) is 4. The number of carboxylic acids is 1. The molecule has 1 atom stereocenters. The van der Waals surface area contributed by atoms with Crippen molar-refractivity contribution >= 4 is 23.5 Å². The van der Waals surface area contributed by atoms with Crippen LogP contribution in [0.5, 0.6) is 0 Å². The predicted octanol–water partition coefficient (Wildman–Crippen LogP) is 0.300. The van der Waals surface area contributed by atoms with E-state index in [0.29, 0.717) is 0 Å². The lowest BCUT2D eigenvalue weighted by atomic mass is 10.2. The normalized spacial score (nSPS) is 11.9. The Bertz CT molecular complexity index is 425. The summed E-state index contributed by atoms with van der Waals surface area (Å²) in [6, 6.07) is 1.80. The molecule has 17 heavy (non-hydrogen) atoms. The average molecular weight is 259 g/mol. The number of hydrogen-bond donors (Lipinski definition) is 3. The summed E-state index contributed by atoms with van der Waals surface area (Å²) in [5, 5.41) is 19.7. The van der Waals surface area contributed by atoms with Crippen molar-refractivity contribution < 1.29 is 19.8 Å². The van der Waals surface area contributed by atoms with Gasteiger partial charge in [-0.2, -0.15) is 0 Å². The third-order valence-electron chi connectivity index (χ3n) is 2.02. The Morgan fingerprint density at radius 3 is 2.76 bits per heavy atom. The Morgan fingerprint density at radius 1 is 1.53 bits per heavy atom. The molecular weight excluding hydrogens is 248 g/mol. The number of pyridine rings is 1. The molecule has 7 heteroatoms. The second kappa shape index (κ2) is 6.17. The molecule has 92 valence electrons. The third kappa shape index (κ3) is 3.69. The largest absolute Gasteiger partial charge is 0.480 e. The van der Waals surface area contributed by atoms with Crippen molar-refractivity contribution in [1.29, 1.82) is 0 Å². The fourth-order valence-electron chi connectivity index (χ4n) is 1.18. The van der Waals surface area contributed by atoms with Gasteiger partial charge in [0.2, 0.25) is 0 Å². The molecule has 6 nitrogen and oxygen atoms in total. The minimum absolute atomic E-state index is 0.00172. The number of nitrogens with one attached hydrogen (secondary N) is 1. The smallest absolute Gasteiger partial charge is 0.326 e. The minimum atomic E-state index is -1.22. The van der Waals surface area contributed by atoms with Crippen LogP contribution in [0.1, 0.15) is 16.8 Å². The molecule has 1 rings (SSSR count). The van der Waals surface area contributed by atoms with Gasteiger partial charge in [-0.1, -0.05) is 11.6 Å². The first-order valence-corrected chi connectivity index (χ1v) is 5.19. The van der Waals surface area contributed by atoms with E-state index in [1.165, 1.54) is 18.3 Å². The van der Waals surface area contributed by atoms with Crippen molar-refractivity contribution in [1.82, 2.24) is 10.3 Å². The SMILES string of the molecule is O=C(N[C@H](CCO)C(=O)O)c1cccnc1Cl. The van der Waals surface area contributed by atoms with Gasteiger partial charge < -0.3 is 15.5 Å². The molecule has 0 unspecified atom stereocenters. The maximum Gasteiger partial charge on any atom is 0.326 e. The second-order valence-electron chi connectivity index (χ2n) is 3.22. The zero-order chi connectivity index (χ0) is 12.8. The number of carboxylic acid groups (broad SMARTS) is 1. The number of amides is 1. The molecule has 0 saturated carbocycles. The van der Waals surface area contributed by atoms with Gasteiger partial charge in [0, 0.05) is 19.2 Å². The average Bonchev–Trinajstić information content (AvgIpc) is 2.28. The predicted molar refractivity (Wildman–Crippen MR) is 59.8 cm³/mol. The van der Waals surface area contributed by atoms with Crippen molar-refractivity contribution in [3.63, 3.8) is 0 Å². The molecule has 0 spiro atoms. The van der Waals surface area contributed by atoms with E-state index in [1.807, 2.05) is 0 Å². The molecule has 0 saturated heterocycles. The van der Waals surface area contributed by atoms with Gasteiger partial charge in [0.05, 0.1) is 5.56 Å². The van der Waals surface area contributed by atoms with Crippen LogP contribution in [0, 0.1) is 0 Å². The fraction of sp³-hybridized carbons (Fsp3) is 0.300. The van der Waals surface area contributed by atoms with Gasteiger partial charge in [-0.3, -0.25) is 4.79 Å². The molecule has 0 aliphatic rings. The highest BCUT2D eigenvalue weighted by Crippen LogP contribution is 2.11. The number of halogens is 1. The summed E-state index contributed by atoms with van der Waals surface area (Å²) < 4.78 is 0. The summed E-state index contributed by atoms with van der Waals surface area (Å²) in [6.07, 6.45) is 1.35. The Labute approximate surface area is 102 Å². The monoisotopic (exact) mass is 258 g/mol. The van der Waals surface area contributed by atoms with Crippen LogP contribution in [-0.4, -0.2) is 39.7 Å². The number of nitrogens with zero attached hydrogens (tertiary/aromatic N) is 1. The first-order chi connectivity index (χ1) is 8.06. The first-order valence-electron chi connectivity index (χ1n) is 4.81. The maximum absolute atomic E-state index is 11.7. The highest BCUT2D eigenvalue weighted by Gasteiger charge is 2.21. The number of aliphatic hydroxyl groups is 1. The highest BCUT2D eigenvalue weighted by atomic mass is 35.5. The van der Waals surface area contributed by atoms with Gasteiger partial charge in [-0.05, 0) is 12.1 Å². The fourth-order valence-corrected chi connectivity index (χ4v) is 1.38. The summed E-state index contributed by atoms with van der Waals surface area (Å²) in [4.78, 5) is 26.1. The van der Waals surface area contributed by atoms with Crippen LogP contribution >= 0.6 is 11.6 Å². The van der Waals surface area contributed by atoms with Crippen molar-refractivity contribution in [2.24, 2.45) is 0 Å². The van der Waals surface area contributed by atoms with E-state index in [9.17, 15) is 9.59 Å². The van der Waals surface area contributed by atoms with E-state index in [1.54, 1.807) is 0 Å². The molecule has 1 amide bonds. The van der Waals surface area contributed by atoms with Crippen LogP contribution in [-0.2, 0) is 4.79 Å². The van der Waals surface area contributed by atoms with Gasteiger partial charge in [0.1, 0.15) is 11.2 Å². The van der Waals surface area contributed by atoms with Gasteiger partial charge >= 0.3 is 5.97 Å². The molecule has 0 aliphatic carbocycles. The molecule has 0 aromatic carbocycles. The van der Waals surface area contributed by atoms with Crippen LogP contribution in [0.15, 0.2) is 18.3 Å². The van der Waals surface area contributed by atoms with E-state index in [-0.39, 0.29) is 23.7 Å². The van der Waals surface area contributed by atoms with Crippen LogP contribution < -0.4 is 5.32 Å². The van der Waals surface area contributed by atoms with Crippen molar-refractivity contribution in [3.05, 3.63) is 29.0 Å². The van der Waals surface area contributed by atoms with E-state index in [4.69, 9.17) is 21.8 Å². The van der Waals surface area contributed by atoms with Crippen molar-refractivity contribution in [2.75, 3.05) is 6.61 Å². The van der Waals surface area contributed by atoms with Crippen LogP contribution in [0.3, 0.4) is 0 Å². The number of aliphatic hydroxyl groups excluding tert-OH is 1. The van der Waals surface area contributed by atoms with E-state index in [0.717, 1.165) is 0 Å². The molecule has 0 fully saturated rings. The minimum Gasteiger partial charge on any atom is -0.480 e. The lowest BCUT2D eigenvalue weighted by Crippen LogP contribution is -2.41. The van der Waals surface area contributed by atoms with Gasteiger partial charge in [-0.15, -0.1) is 0 Å². The van der Waals surface area contributed by atoms with E-state index >= 15 is 0 Å². The highest BCUT2D eigenvalue weighted by molar-refractivity contribution is 6.32. The second-order valence-corrected chi connectivity index (χ2v) is 3.58. The zero-order valence-electron chi connectivity index (χ0n) is 8.76. The van der Waals surface area contributed by atoms with Crippen LogP contribution in [0.2, 0.25) is 5.15 Å². The lowest BCUT2D eigenvalue weighted by Gasteiger charge is -2.13. The number of aliphatic carboxylic acids is 1. The summed E-state index contributed by atoms with van der Waals surface area (Å²) in [5.41, 5.74) is 0.0957. The number of carbonyl (C=O) groups is 2. The molecular formula is C10H11ClN2O4. The standard InChI is InChI=1S/C10H11ClN2O4/c11-8-6(2-1-4-12-8)9(15)13-7(3-5-14)10(16)17/h1-2,4,7,14H,3,5H2,(H,13,15)(H,16,17)/t7-/m1/s1. The quantitative estimate of drug-likeness (QED) is 0.660. The van der Waals surface area contributed by atoms with Gasteiger partial charge in [0.15, 0.2) is 0 Å². The molecule has 0 aliphatic heterocycles. The molecule has 1 aromatic heterocycles. The Kier molecular flexibility index (Phi) is 4.86. The zero-order valence-corrected chi connectivity index (χ0v) is 9.52. The Morgan fingerprint density at radius 2 is 2.24 bits per heavy atom. The number of aromatic nitrogens is 1. The van der Waals surface area contributed by atoms with Crippen molar-refractivity contribution in [3.8, 4) is 0 Å². The number of carbonyl (C=O) groups excluding carboxylic acids is 1. The first kappa shape index (κ1) is 13.4. The lowest BCUT2D eigenvalue weighted by molar-refractivity contribution is -0.139.